The van der Waals surface area contributed by atoms with Gasteiger partial charge in [-0.3, -0.25) is 0 Å². The van der Waals surface area contributed by atoms with Crippen molar-refractivity contribution in [1.29, 1.82) is 0 Å². The number of aromatic carboxylic acids is 2. The lowest BCUT2D eigenvalue weighted by Crippen LogP contribution is -2.31. The highest BCUT2D eigenvalue weighted by molar-refractivity contribution is 7.89. The number of fused-ring (bicyclic) bond motifs is 1. The highest BCUT2D eigenvalue weighted by Crippen LogP contribution is 2.38. The predicted octanol–water partition coefficient (Wildman–Crippen LogP) is 2.59. The lowest BCUT2D eigenvalue weighted by atomic mass is 9.85. The summed E-state index contributed by atoms with van der Waals surface area (Å²) in [7, 11) is -1.79. The van der Waals surface area contributed by atoms with Gasteiger partial charge in [-0.1, -0.05) is 40.5 Å². The van der Waals surface area contributed by atoms with E-state index in [9.17, 15) is 23.1 Å². The quantitative estimate of drug-likeness (QED) is 0.177. The first-order valence-electron chi connectivity index (χ1n) is 13.9. The molecule has 2 heterocycles. The van der Waals surface area contributed by atoms with Crippen LogP contribution in [-0.2, 0) is 37.3 Å². The van der Waals surface area contributed by atoms with Crippen LogP contribution in [0.5, 0.6) is 0 Å². The van der Waals surface area contributed by atoms with Crippen molar-refractivity contribution in [3.05, 3.63) is 74.5 Å². The summed E-state index contributed by atoms with van der Waals surface area (Å²) in [6.07, 6.45) is 0. The maximum absolute atomic E-state index is 13.0. The molecule has 1 unspecified atom stereocenters. The van der Waals surface area contributed by atoms with Crippen molar-refractivity contribution < 1.29 is 42.4 Å². The van der Waals surface area contributed by atoms with Crippen LogP contribution in [0.15, 0.2) is 41.3 Å². The molecule has 1 aliphatic rings. The molecule has 45 heavy (non-hydrogen) atoms. The van der Waals surface area contributed by atoms with Gasteiger partial charge in [0, 0.05) is 35.6 Å². The van der Waals surface area contributed by atoms with Gasteiger partial charge in [-0.05, 0) is 48.0 Å². The average Bonchev–Trinajstić information content (AvgIpc) is 3.42. The smallest absolute Gasteiger partial charge is 0.359 e. The van der Waals surface area contributed by atoms with Crippen LogP contribution >= 0.6 is 23.2 Å². The van der Waals surface area contributed by atoms with Crippen LogP contribution in [0.3, 0.4) is 0 Å². The van der Waals surface area contributed by atoms with Crippen molar-refractivity contribution in [3.8, 4) is 0 Å². The van der Waals surface area contributed by atoms with E-state index in [0.717, 1.165) is 21.4 Å². The van der Waals surface area contributed by atoms with Gasteiger partial charge < -0.3 is 29.3 Å². The number of benzene rings is 2. The topological polar surface area (TPSA) is 182 Å². The lowest BCUT2D eigenvalue weighted by molar-refractivity contribution is 0.0136. The number of aromatic nitrogens is 3. The van der Waals surface area contributed by atoms with E-state index in [4.69, 9.17) is 42.5 Å². The Morgan fingerprint density at radius 2 is 1.69 bits per heavy atom. The van der Waals surface area contributed by atoms with Crippen molar-refractivity contribution in [2.24, 2.45) is 0 Å². The third-order valence-corrected chi connectivity index (χ3v) is 8.95. The monoisotopic (exact) mass is 685 g/mol. The first-order valence-corrected chi connectivity index (χ1v) is 16.1. The highest BCUT2D eigenvalue weighted by Gasteiger charge is 2.28. The van der Waals surface area contributed by atoms with Crippen LogP contribution in [-0.4, -0.2) is 110 Å². The van der Waals surface area contributed by atoms with E-state index in [1.165, 1.54) is 0 Å². The number of rotatable bonds is 17. The Kier molecular flexibility index (Phi) is 12.3. The molecule has 0 saturated carbocycles. The molecule has 1 aliphatic heterocycles. The van der Waals surface area contributed by atoms with Crippen molar-refractivity contribution >= 4 is 45.2 Å². The van der Waals surface area contributed by atoms with E-state index < -0.39 is 33.3 Å². The molecule has 3 aromatic rings. The zero-order valence-electron chi connectivity index (χ0n) is 24.3. The molecule has 4 rings (SSSR count). The molecule has 0 amide bonds. The van der Waals surface area contributed by atoms with E-state index >= 15 is 0 Å². The molecule has 0 bridgehead atoms. The van der Waals surface area contributed by atoms with Crippen molar-refractivity contribution in [3.63, 3.8) is 0 Å². The molecule has 244 valence electrons. The number of carboxylic acid groups (broad SMARTS) is 2. The Balaban J connectivity index is 1.14. The number of hydrogen-bond acceptors (Lipinski definition) is 10. The zero-order valence-corrected chi connectivity index (χ0v) is 26.6. The number of hydrogen-bond donors (Lipinski definition) is 3. The van der Waals surface area contributed by atoms with Gasteiger partial charge in [0.1, 0.15) is 0 Å². The van der Waals surface area contributed by atoms with Crippen molar-refractivity contribution in [2.75, 3.05) is 59.8 Å². The van der Waals surface area contributed by atoms with Crippen LogP contribution in [0.4, 0.5) is 0 Å². The van der Waals surface area contributed by atoms with Crippen LogP contribution < -0.4 is 4.72 Å². The Morgan fingerprint density at radius 3 is 2.38 bits per heavy atom. The second kappa shape index (κ2) is 15.9. The molecule has 17 heteroatoms. The molecular weight excluding hydrogens is 653 g/mol. The Labute approximate surface area is 269 Å². The molecule has 14 nitrogen and oxygen atoms in total. The van der Waals surface area contributed by atoms with Gasteiger partial charge in [0.15, 0.2) is 5.69 Å². The van der Waals surface area contributed by atoms with Gasteiger partial charge in [-0.15, -0.1) is 5.10 Å². The predicted molar refractivity (Wildman–Crippen MR) is 163 cm³/mol. The minimum atomic E-state index is -3.78. The summed E-state index contributed by atoms with van der Waals surface area (Å²) in [6.45, 7) is 2.56. The second-order valence-corrected chi connectivity index (χ2v) is 12.7. The molecule has 0 saturated heterocycles. The summed E-state index contributed by atoms with van der Waals surface area (Å²) in [4.78, 5) is 24.6. The summed E-state index contributed by atoms with van der Waals surface area (Å²) >= 11 is 12.8. The number of carboxylic acids is 2. The van der Waals surface area contributed by atoms with Crippen LogP contribution in [0.2, 0.25) is 10.0 Å². The number of likely N-dealkylation sites (N-methyl/N-ethyl adjacent to an activating group) is 1. The molecule has 0 aliphatic carbocycles. The van der Waals surface area contributed by atoms with E-state index in [2.05, 4.69) is 19.9 Å². The minimum Gasteiger partial charge on any atom is -0.476 e. The summed E-state index contributed by atoms with van der Waals surface area (Å²) in [6, 6.07) is 10.5. The van der Waals surface area contributed by atoms with E-state index in [1.54, 1.807) is 24.3 Å². The fraction of sp³-hybridized carbons (Fsp3) is 0.429. The zero-order chi connectivity index (χ0) is 32.6. The molecule has 3 N–H and O–H groups in total. The lowest BCUT2D eigenvalue weighted by Gasteiger charge is -2.33. The molecule has 1 atom stereocenters. The normalized spacial score (nSPS) is 15.2. The maximum atomic E-state index is 13.0. The van der Waals surface area contributed by atoms with Gasteiger partial charge in [-0.25, -0.2) is 27.4 Å². The molecule has 0 fully saturated rings. The number of nitrogens with zero attached hydrogens (tertiary/aromatic N) is 4. The van der Waals surface area contributed by atoms with E-state index in [1.807, 2.05) is 19.2 Å². The van der Waals surface area contributed by atoms with Crippen LogP contribution in [0.1, 0.15) is 43.6 Å². The number of ether oxygens (including phenoxy) is 3. The van der Waals surface area contributed by atoms with Crippen molar-refractivity contribution in [1.82, 2.24) is 24.6 Å². The fourth-order valence-corrected chi connectivity index (χ4v) is 6.52. The third-order valence-electron chi connectivity index (χ3n) is 6.93. The van der Waals surface area contributed by atoms with Gasteiger partial charge in [0.2, 0.25) is 15.7 Å². The van der Waals surface area contributed by atoms with Crippen molar-refractivity contribution in [2.45, 2.75) is 23.9 Å². The average molecular weight is 687 g/mol. The number of nitrogens with one attached hydrogen (secondary N) is 1. The van der Waals surface area contributed by atoms with Gasteiger partial charge >= 0.3 is 11.9 Å². The summed E-state index contributed by atoms with van der Waals surface area (Å²) < 4.78 is 45.7. The maximum Gasteiger partial charge on any atom is 0.359 e. The number of carbonyl (C=O) groups is 2. The number of sulfonamides is 1. The minimum absolute atomic E-state index is 0.000845. The molecule has 2 aromatic carbocycles. The summed E-state index contributed by atoms with van der Waals surface area (Å²) in [5.74, 6) is -3.02. The molecule has 0 radical (unpaired) electrons. The van der Waals surface area contributed by atoms with Crippen LogP contribution in [0.25, 0.3) is 0 Å². The van der Waals surface area contributed by atoms with Crippen LogP contribution in [0, 0.1) is 0 Å². The summed E-state index contributed by atoms with van der Waals surface area (Å²) in [5.41, 5.74) is 1.66. The third kappa shape index (κ3) is 9.20. The number of halogens is 2. The first kappa shape index (κ1) is 34.7. The molecular formula is C28H33Cl2N5O9S. The Morgan fingerprint density at radius 1 is 1.00 bits per heavy atom. The van der Waals surface area contributed by atoms with Gasteiger partial charge in [-0.2, -0.15) is 0 Å². The van der Waals surface area contributed by atoms with E-state index in [-0.39, 0.29) is 63.5 Å². The second-order valence-electron chi connectivity index (χ2n) is 10.1. The van der Waals surface area contributed by atoms with E-state index in [0.29, 0.717) is 23.1 Å². The highest BCUT2D eigenvalue weighted by atomic mass is 35.5. The SMILES string of the molecule is CN1Cc2c(Cl)cc(Cl)cc2C(c2cccc(S(=O)(=O)NCCOCCOCCOCCn3nnc(C(=O)O)c3C(=O)O)c2)C1. The molecule has 0 spiro atoms. The fourth-order valence-electron chi connectivity index (χ4n) is 4.88. The molecule has 1 aromatic heterocycles. The Hall–Kier alpha value is -3.15. The largest absolute Gasteiger partial charge is 0.476 e. The standard InChI is InChI=1S/C28H33Cl2N5O9S/c1-34-16-22(21-14-19(29)15-24(30)23(21)17-34)18-3-2-4-20(13-18)45(40,41)31-5-7-42-9-11-44-12-10-43-8-6-35-26(28(38)39)25(27(36)37)32-33-35/h2-4,13-15,22,31H,5-12,16-17H2,1H3,(H,36,37)(H,38,39). The van der Waals surface area contributed by atoms with Gasteiger partial charge in [0.05, 0.1) is 51.1 Å². The first-order chi connectivity index (χ1) is 21.5. The Bertz CT molecular complexity index is 1620. The van der Waals surface area contributed by atoms with Gasteiger partial charge in [0.25, 0.3) is 0 Å². The summed E-state index contributed by atoms with van der Waals surface area (Å²) in [5, 5.41) is 26.2.